The van der Waals surface area contributed by atoms with Gasteiger partial charge in [-0.25, -0.2) is 0 Å². The lowest BCUT2D eigenvalue weighted by Gasteiger charge is -2.54. The second kappa shape index (κ2) is 5.61. The van der Waals surface area contributed by atoms with Crippen LogP contribution in [-0.2, 0) is 11.2 Å². The highest BCUT2D eigenvalue weighted by Crippen LogP contribution is 2.40. The summed E-state index contributed by atoms with van der Waals surface area (Å²) in [7, 11) is 0. The van der Waals surface area contributed by atoms with Crippen LogP contribution < -0.4 is 0 Å². The van der Waals surface area contributed by atoms with Gasteiger partial charge in [0.25, 0.3) is 0 Å². The molecule has 3 heteroatoms. The minimum atomic E-state index is 0.251. The molecule has 0 amide bonds. The first-order valence-corrected chi connectivity index (χ1v) is 7.28. The fourth-order valence-corrected chi connectivity index (χ4v) is 3.39. The molecule has 2 heterocycles. The number of hydrogen-bond acceptors (Lipinski definition) is 3. The average molecular weight is 261 g/mol. The quantitative estimate of drug-likeness (QED) is 0.895. The Kier molecular flexibility index (Phi) is 3.87. The summed E-state index contributed by atoms with van der Waals surface area (Å²) < 4.78 is 5.45. The van der Waals surface area contributed by atoms with Gasteiger partial charge in [-0.3, -0.25) is 4.90 Å². The largest absolute Gasteiger partial charge is 0.395 e. The topological polar surface area (TPSA) is 32.7 Å². The van der Waals surface area contributed by atoms with Crippen molar-refractivity contribution in [2.24, 2.45) is 5.41 Å². The molecular weight excluding hydrogens is 238 g/mol. The molecule has 2 saturated heterocycles. The molecule has 0 radical (unpaired) electrons. The van der Waals surface area contributed by atoms with E-state index in [1.54, 1.807) is 0 Å². The number of nitrogens with zero attached hydrogens (tertiary/aromatic N) is 1. The van der Waals surface area contributed by atoms with Gasteiger partial charge >= 0.3 is 0 Å². The Labute approximate surface area is 115 Å². The lowest BCUT2D eigenvalue weighted by Crippen LogP contribution is -2.62. The van der Waals surface area contributed by atoms with Crippen molar-refractivity contribution in [1.82, 2.24) is 4.90 Å². The van der Waals surface area contributed by atoms with E-state index < -0.39 is 0 Å². The third-order valence-electron chi connectivity index (χ3n) is 4.67. The lowest BCUT2D eigenvalue weighted by atomic mass is 9.72. The summed E-state index contributed by atoms with van der Waals surface area (Å²) in [6, 6.07) is 10.7. The summed E-state index contributed by atoms with van der Waals surface area (Å²) in [5.74, 6) is 0. The molecule has 2 fully saturated rings. The van der Waals surface area contributed by atoms with Crippen molar-refractivity contribution in [3.63, 3.8) is 0 Å². The Balaban J connectivity index is 1.56. The highest BCUT2D eigenvalue weighted by Gasteiger charge is 2.45. The number of aliphatic hydroxyl groups excluding tert-OH is 1. The molecule has 2 aliphatic heterocycles. The minimum Gasteiger partial charge on any atom is -0.395 e. The van der Waals surface area contributed by atoms with Crippen LogP contribution in [0.3, 0.4) is 0 Å². The van der Waals surface area contributed by atoms with Gasteiger partial charge in [-0.15, -0.1) is 0 Å². The maximum absolute atomic E-state index is 9.64. The van der Waals surface area contributed by atoms with Crippen molar-refractivity contribution in [3.05, 3.63) is 35.9 Å². The van der Waals surface area contributed by atoms with Crippen LogP contribution in [0.15, 0.2) is 30.3 Å². The summed E-state index contributed by atoms with van der Waals surface area (Å²) in [4.78, 5) is 2.44. The Hall–Kier alpha value is -0.900. The number of likely N-dealkylation sites (tertiary alicyclic amines) is 1. The maximum atomic E-state index is 9.64. The molecule has 0 aromatic heterocycles. The van der Waals surface area contributed by atoms with E-state index in [1.165, 1.54) is 18.4 Å². The molecule has 1 aromatic rings. The van der Waals surface area contributed by atoms with Gasteiger partial charge in [0.2, 0.25) is 0 Å². The van der Waals surface area contributed by atoms with E-state index in [4.69, 9.17) is 4.74 Å². The van der Waals surface area contributed by atoms with E-state index in [-0.39, 0.29) is 12.6 Å². The monoisotopic (exact) mass is 261 g/mol. The Morgan fingerprint density at radius 2 is 1.84 bits per heavy atom. The van der Waals surface area contributed by atoms with Gasteiger partial charge in [0.05, 0.1) is 6.61 Å². The summed E-state index contributed by atoms with van der Waals surface area (Å²) in [5, 5.41) is 9.64. The van der Waals surface area contributed by atoms with Crippen molar-refractivity contribution < 1.29 is 9.84 Å². The number of ether oxygens (including phenoxy) is 1. The first-order valence-electron chi connectivity index (χ1n) is 7.28. The normalized spacial score (nSPS) is 24.1. The zero-order chi connectivity index (χ0) is 13.1. The Morgan fingerprint density at radius 1 is 1.16 bits per heavy atom. The van der Waals surface area contributed by atoms with E-state index in [9.17, 15) is 5.11 Å². The van der Waals surface area contributed by atoms with Gasteiger partial charge in [0, 0.05) is 37.8 Å². The van der Waals surface area contributed by atoms with Gasteiger partial charge in [-0.2, -0.15) is 0 Å². The van der Waals surface area contributed by atoms with Crippen molar-refractivity contribution in [2.45, 2.75) is 25.3 Å². The van der Waals surface area contributed by atoms with Crippen LogP contribution in [-0.4, -0.2) is 49.0 Å². The first kappa shape index (κ1) is 13.1. The highest BCUT2D eigenvalue weighted by atomic mass is 16.5. The fraction of sp³-hybridized carbons (Fsp3) is 0.625. The van der Waals surface area contributed by atoms with E-state index in [0.29, 0.717) is 5.41 Å². The third kappa shape index (κ3) is 2.83. The molecule has 19 heavy (non-hydrogen) atoms. The van der Waals surface area contributed by atoms with Crippen LogP contribution in [0.5, 0.6) is 0 Å². The zero-order valence-electron chi connectivity index (χ0n) is 11.4. The van der Waals surface area contributed by atoms with Gasteiger partial charge < -0.3 is 9.84 Å². The molecule has 0 aliphatic carbocycles. The van der Waals surface area contributed by atoms with Crippen LogP contribution >= 0.6 is 0 Å². The van der Waals surface area contributed by atoms with Crippen molar-refractivity contribution >= 4 is 0 Å². The van der Waals surface area contributed by atoms with E-state index in [1.807, 2.05) is 6.07 Å². The lowest BCUT2D eigenvalue weighted by molar-refractivity contribution is -0.103. The van der Waals surface area contributed by atoms with Crippen LogP contribution in [0.1, 0.15) is 18.4 Å². The van der Waals surface area contributed by atoms with E-state index in [0.717, 1.165) is 32.7 Å². The van der Waals surface area contributed by atoms with Crippen LogP contribution in [0, 0.1) is 5.41 Å². The summed E-state index contributed by atoms with van der Waals surface area (Å²) in [5.41, 5.74) is 1.80. The Morgan fingerprint density at radius 3 is 2.47 bits per heavy atom. The smallest absolute Gasteiger partial charge is 0.0590 e. The molecule has 2 aliphatic rings. The standard InChI is InChI=1S/C16H23NO2/c18-11-15(10-14-4-2-1-3-5-14)17-12-16(13-17)6-8-19-9-7-16/h1-5,15,18H,6-13H2. The number of aliphatic hydroxyl groups is 1. The van der Waals surface area contributed by atoms with Crippen LogP contribution in [0.25, 0.3) is 0 Å². The van der Waals surface area contributed by atoms with Crippen LogP contribution in [0.4, 0.5) is 0 Å². The third-order valence-corrected chi connectivity index (χ3v) is 4.67. The van der Waals surface area contributed by atoms with E-state index in [2.05, 4.69) is 29.2 Å². The molecule has 1 spiro atoms. The molecule has 1 atom stereocenters. The predicted octanol–water partition coefficient (Wildman–Crippen LogP) is 1.70. The molecule has 1 unspecified atom stereocenters. The summed E-state index contributed by atoms with van der Waals surface area (Å²) >= 11 is 0. The molecule has 1 N–H and O–H groups in total. The second-order valence-electron chi connectivity index (χ2n) is 6.04. The molecule has 3 rings (SSSR count). The fourth-order valence-electron chi connectivity index (χ4n) is 3.39. The van der Waals surface area contributed by atoms with Crippen LogP contribution in [0.2, 0.25) is 0 Å². The molecule has 0 bridgehead atoms. The zero-order valence-corrected chi connectivity index (χ0v) is 11.4. The van der Waals surface area contributed by atoms with Gasteiger partial charge in [-0.05, 0) is 24.8 Å². The van der Waals surface area contributed by atoms with E-state index >= 15 is 0 Å². The molecule has 104 valence electrons. The number of rotatable bonds is 4. The van der Waals surface area contributed by atoms with Gasteiger partial charge in [-0.1, -0.05) is 30.3 Å². The van der Waals surface area contributed by atoms with Crippen molar-refractivity contribution in [1.29, 1.82) is 0 Å². The first-order chi connectivity index (χ1) is 9.31. The van der Waals surface area contributed by atoms with Crippen molar-refractivity contribution in [3.8, 4) is 0 Å². The number of benzene rings is 1. The number of hydrogen-bond donors (Lipinski definition) is 1. The highest BCUT2D eigenvalue weighted by molar-refractivity contribution is 5.16. The van der Waals surface area contributed by atoms with Gasteiger partial charge in [0.15, 0.2) is 0 Å². The maximum Gasteiger partial charge on any atom is 0.0590 e. The predicted molar refractivity (Wildman–Crippen MR) is 75.1 cm³/mol. The molecule has 3 nitrogen and oxygen atoms in total. The second-order valence-corrected chi connectivity index (χ2v) is 6.04. The molecular formula is C16H23NO2. The summed E-state index contributed by atoms with van der Waals surface area (Å²) in [6.07, 6.45) is 3.32. The Bertz CT molecular complexity index is 392. The van der Waals surface area contributed by atoms with Crippen molar-refractivity contribution in [2.75, 3.05) is 32.9 Å². The SMILES string of the molecule is OCC(Cc1ccccc1)N1CC2(CCOCC2)C1. The van der Waals surface area contributed by atoms with Gasteiger partial charge in [0.1, 0.15) is 0 Å². The molecule has 1 aromatic carbocycles. The minimum absolute atomic E-state index is 0.251. The summed E-state index contributed by atoms with van der Waals surface area (Å²) in [6.45, 7) is 4.34. The molecule has 0 saturated carbocycles. The average Bonchev–Trinajstić information content (AvgIpc) is 2.44.